The maximum absolute atomic E-state index is 9.25. The molecule has 0 aromatic carbocycles. The van der Waals surface area contributed by atoms with Gasteiger partial charge in [0.25, 0.3) is 0 Å². The molecule has 1 atom stereocenters. The summed E-state index contributed by atoms with van der Waals surface area (Å²) >= 11 is 1.73. The van der Waals surface area contributed by atoms with Crippen molar-refractivity contribution in [1.29, 1.82) is 0 Å². The average molecular weight is 241 g/mol. The summed E-state index contributed by atoms with van der Waals surface area (Å²) < 4.78 is 0. The van der Waals surface area contributed by atoms with Crippen molar-refractivity contribution >= 4 is 16.5 Å². The Bertz CT molecular complexity index is 340. The molecule has 0 amide bonds. The van der Waals surface area contributed by atoms with Crippen molar-refractivity contribution in [3.63, 3.8) is 0 Å². The van der Waals surface area contributed by atoms with Crippen LogP contribution in [0.1, 0.15) is 17.7 Å². The largest absolute Gasteiger partial charge is 0.395 e. The first-order chi connectivity index (χ1) is 7.70. The Morgan fingerprint density at radius 2 is 2.44 bits per heavy atom. The van der Waals surface area contributed by atoms with Gasteiger partial charge in [-0.05, 0) is 19.4 Å². The molecule has 0 aliphatic carbocycles. The number of likely N-dealkylation sites (tertiary alicyclic amines) is 1. The third-order valence-corrected chi connectivity index (χ3v) is 4.14. The second kappa shape index (κ2) is 5.12. The molecule has 1 fully saturated rings. The van der Waals surface area contributed by atoms with E-state index in [1.54, 1.807) is 11.3 Å². The number of aromatic nitrogens is 1. The minimum Gasteiger partial charge on any atom is -0.395 e. The van der Waals surface area contributed by atoms with Gasteiger partial charge in [-0.15, -0.1) is 11.3 Å². The van der Waals surface area contributed by atoms with E-state index in [-0.39, 0.29) is 6.61 Å². The van der Waals surface area contributed by atoms with Gasteiger partial charge in [-0.3, -0.25) is 4.90 Å². The van der Waals surface area contributed by atoms with E-state index in [0.717, 1.165) is 24.6 Å². The van der Waals surface area contributed by atoms with Crippen LogP contribution < -0.4 is 4.90 Å². The number of nitrogens with zero attached hydrogens (tertiary/aromatic N) is 3. The second-order valence-corrected chi connectivity index (χ2v) is 5.55. The molecule has 90 valence electrons. The molecule has 0 saturated carbocycles. The van der Waals surface area contributed by atoms with Gasteiger partial charge in [0.15, 0.2) is 5.13 Å². The van der Waals surface area contributed by atoms with E-state index in [4.69, 9.17) is 0 Å². The summed E-state index contributed by atoms with van der Waals surface area (Å²) in [6, 6.07) is 0.352. The van der Waals surface area contributed by atoms with Crippen molar-refractivity contribution in [2.75, 3.05) is 32.1 Å². The van der Waals surface area contributed by atoms with Gasteiger partial charge < -0.3 is 10.0 Å². The molecule has 1 aliphatic heterocycles. The zero-order chi connectivity index (χ0) is 11.5. The van der Waals surface area contributed by atoms with Crippen molar-refractivity contribution in [3.8, 4) is 0 Å². The first-order valence-electron chi connectivity index (χ1n) is 5.67. The molecule has 0 spiro atoms. The number of hydrogen-bond donors (Lipinski definition) is 1. The molecule has 0 unspecified atom stereocenters. The first-order valence-corrected chi connectivity index (χ1v) is 6.49. The van der Waals surface area contributed by atoms with Crippen LogP contribution in [0.15, 0.2) is 6.20 Å². The van der Waals surface area contributed by atoms with Gasteiger partial charge in [0.1, 0.15) is 0 Å². The first kappa shape index (κ1) is 11.8. The lowest BCUT2D eigenvalue weighted by Crippen LogP contribution is -2.31. The molecule has 1 aliphatic rings. The normalized spacial score (nSPS) is 21.6. The van der Waals surface area contributed by atoms with Gasteiger partial charge >= 0.3 is 0 Å². The lowest BCUT2D eigenvalue weighted by molar-refractivity contribution is 0.154. The molecule has 0 bridgehead atoms. The van der Waals surface area contributed by atoms with Gasteiger partial charge in [-0.1, -0.05) is 0 Å². The van der Waals surface area contributed by atoms with E-state index >= 15 is 0 Å². The van der Waals surface area contributed by atoms with Gasteiger partial charge in [-0.25, -0.2) is 4.98 Å². The van der Waals surface area contributed by atoms with Crippen molar-refractivity contribution in [1.82, 2.24) is 9.88 Å². The summed E-state index contributed by atoms with van der Waals surface area (Å²) in [5, 5.41) is 10.3. The third kappa shape index (κ3) is 2.53. The third-order valence-electron chi connectivity index (χ3n) is 2.99. The van der Waals surface area contributed by atoms with Crippen molar-refractivity contribution in [2.45, 2.75) is 25.4 Å². The maximum Gasteiger partial charge on any atom is 0.185 e. The fourth-order valence-corrected chi connectivity index (χ4v) is 2.95. The van der Waals surface area contributed by atoms with E-state index in [1.807, 2.05) is 25.2 Å². The van der Waals surface area contributed by atoms with Crippen LogP contribution in [-0.4, -0.2) is 48.3 Å². The van der Waals surface area contributed by atoms with Crippen LogP contribution in [0.5, 0.6) is 0 Å². The van der Waals surface area contributed by atoms with Crippen molar-refractivity contribution in [3.05, 3.63) is 11.1 Å². The second-order valence-electron chi connectivity index (χ2n) is 4.45. The minimum atomic E-state index is 0.277. The van der Waals surface area contributed by atoms with Crippen molar-refractivity contribution in [2.24, 2.45) is 0 Å². The minimum absolute atomic E-state index is 0.277. The highest BCUT2D eigenvalue weighted by Gasteiger charge is 2.24. The monoisotopic (exact) mass is 241 g/mol. The highest BCUT2D eigenvalue weighted by Crippen LogP contribution is 2.25. The molecular formula is C11H19N3OS. The number of hydrogen-bond acceptors (Lipinski definition) is 5. The van der Waals surface area contributed by atoms with E-state index in [9.17, 15) is 5.11 Å². The van der Waals surface area contributed by atoms with Crippen LogP contribution >= 0.6 is 11.3 Å². The Kier molecular flexibility index (Phi) is 3.78. The predicted octanol–water partition coefficient (Wildman–Crippen LogP) is 1.17. The molecule has 1 saturated heterocycles. The van der Waals surface area contributed by atoms with Crippen LogP contribution in [0, 0.1) is 0 Å². The number of aliphatic hydroxyl groups is 1. The topological polar surface area (TPSA) is 39.6 Å². The maximum atomic E-state index is 9.25. The smallest absolute Gasteiger partial charge is 0.185 e. The van der Waals surface area contributed by atoms with Crippen LogP contribution in [0.2, 0.25) is 0 Å². The summed E-state index contributed by atoms with van der Waals surface area (Å²) in [7, 11) is 4.02. The van der Waals surface area contributed by atoms with E-state index < -0.39 is 0 Å². The lowest BCUT2D eigenvalue weighted by atomic mass is 10.2. The number of anilines is 1. The number of rotatable bonds is 4. The summed E-state index contributed by atoms with van der Waals surface area (Å²) in [6.45, 7) is 2.30. The molecular weight excluding hydrogens is 222 g/mol. The van der Waals surface area contributed by atoms with Crippen LogP contribution in [0.4, 0.5) is 5.13 Å². The molecule has 16 heavy (non-hydrogen) atoms. The van der Waals surface area contributed by atoms with E-state index in [2.05, 4.69) is 9.88 Å². The van der Waals surface area contributed by atoms with Gasteiger partial charge in [0.2, 0.25) is 0 Å². The summed E-state index contributed by atoms with van der Waals surface area (Å²) in [5.41, 5.74) is 0. The van der Waals surface area contributed by atoms with Crippen LogP contribution in [0.3, 0.4) is 0 Å². The van der Waals surface area contributed by atoms with Crippen molar-refractivity contribution < 1.29 is 5.11 Å². The van der Waals surface area contributed by atoms with Gasteiger partial charge in [-0.2, -0.15) is 0 Å². The SMILES string of the molecule is CN(C)c1ncc(CN2CCC[C@@H]2CO)s1. The summed E-state index contributed by atoms with van der Waals surface area (Å²) in [6.07, 6.45) is 4.27. The molecule has 5 heteroatoms. The molecule has 0 radical (unpaired) electrons. The lowest BCUT2D eigenvalue weighted by Gasteiger charge is -2.21. The highest BCUT2D eigenvalue weighted by molar-refractivity contribution is 7.15. The highest BCUT2D eigenvalue weighted by atomic mass is 32.1. The van der Waals surface area contributed by atoms with E-state index in [0.29, 0.717) is 6.04 Å². The number of thiazole rings is 1. The fourth-order valence-electron chi connectivity index (χ4n) is 2.09. The van der Waals surface area contributed by atoms with Gasteiger partial charge in [0, 0.05) is 37.8 Å². The Balaban J connectivity index is 1.97. The predicted molar refractivity (Wildman–Crippen MR) is 67.0 cm³/mol. The zero-order valence-electron chi connectivity index (χ0n) is 9.89. The molecule has 1 aromatic rings. The van der Waals surface area contributed by atoms with Gasteiger partial charge in [0.05, 0.1) is 6.61 Å². The average Bonchev–Trinajstić information content (AvgIpc) is 2.87. The molecule has 2 heterocycles. The Morgan fingerprint density at radius 3 is 3.06 bits per heavy atom. The molecule has 1 N–H and O–H groups in total. The summed E-state index contributed by atoms with van der Waals surface area (Å²) in [4.78, 5) is 10.0. The molecule has 2 rings (SSSR count). The fraction of sp³-hybridized carbons (Fsp3) is 0.727. The molecule has 1 aromatic heterocycles. The standard InChI is InChI=1S/C11H19N3OS/c1-13(2)11-12-6-10(16-11)7-14-5-3-4-9(14)8-15/h6,9,15H,3-5,7-8H2,1-2H3/t9-/m1/s1. The summed E-state index contributed by atoms with van der Waals surface area (Å²) in [5.74, 6) is 0. The Hall–Kier alpha value is -0.650. The molecule has 4 nitrogen and oxygen atoms in total. The van der Waals surface area contributed by atoms with Crippen LogP contribution in [0.25, 0.3) is 0 Å². The Morgan fingerprint density at radius 1 is 1.62 bits per heavy atom. The van der Waals surface area contributed by atoms with Crippen LogP contribution in [-0.2, 0) is 6.54 Å². The quantitative estimate of drug-likeness (QED) is 0.859. The number of aliphatic hydroxyl groups excluding tert-OH is 1. The Labute approximate surface area is 101 Å². The van der Waals surface area contributed by atoms with E-state index in [1.165, 1.54) is 11.3 Å². The zero-order valence-corrected chi connectivity index (χ0v) is 10.7.